The number of nitrogens with two attached hydrogens (primary N) is 1. The number of carboxylic acid groups (broad SMARTS) is 1. The van der Waals surface area contributed by atoms with Crippen LogP contribution in [0.4, 0.5) is 4.79 Å². The summed E-state index contributed by atoms with van der Waals surface area (Å²) >= 11 is 0. The smallest absolute Gasteiger partial charge is 0.408 e. The first-order valence-corrected chi connectivity index (χ1v) is 13.0. The van der Waals surface area contributed by atoms with Gasteiger partial charge in [-0.05, 0) is 45.1 Å². The molecule has 40 heavy (non-hydrogen) atoms. The van der Waals surface area contributed by atoms with Gasteiger partial charge in [0.15, 0.2) is 0 Å². The highest BCUT2D eigenvalue weighted by Gasteiger charge is 2.29. The van der Waals surface area contributed by atoms with Gasteiger partial charge < -0.3 is 36.8 Å². The second kappa shape index (κ2) is 16.1. The molecule has 0 fully saturated rings. The van der Waals surface area contributed by atoms with Crippen molar-refractivity contribution >= 4 is 35.7 Å². The van der Waals surface area contributed by atoms with E-state index in [1.54, 1.807) is 45.0 Å². The Morgan fingerprint density at radius 3 is 2.05 bits per heavy atom. The Bertz CT molecular complexity index is 1040. The fourth-order valence-electron chi connectivity index (χ4n) is 3.56. The molecule has 0 heterocycles. The van der Waals surface area contributed by atoms with E-state index in [0.717, 1.165) is 5.56 Å². The van der Waals surface area contributed by atoms with Crippen molar-refractivity contribution in [3.63, 3.8) is 0 Å². The maximum atomic E-state index is 13.0. The molecule has 0 aliphatic rings. The van der Waals surface area contributed by atoms with Gasteiger partial charge in [-0.15, -0.1) is 0 Å². The van der Waals surface area contributed by atoms with Gasteiger partial charge in [0.2, 0.25) is 23.6 Å². The Morgan fingerprint density at radius 1 is 0.900 bits per heavy atom. The Morgan fingerprint density at radius 2 is 1.52 bits per heavy atom. The van der Waals surface area contributed by atoms with Crippen LogP contribution in [-0.2, 0) is 35.1 Å². The number of nitrogens with one attached hydrogen (secondary N) is 4. The highest BCUT2D eigenvalue weighted by molar-refractivity contribution is 5.93. The van der Waals surface area contributed by atoms with Gasteiger partial charge in [-0.2, -0.15) is 0 Å². The second-order valence-corrected chi connectivity index (χ2v) is 10.8. The molecule has 0 saturated carbocycles. The molecule has 0 unspecified atom stereocenters. The van der Waals surface area contributed by atoms with Gasteiger partial charge in [-0.25, -0.2) is 9.59 Å². The van der Waals surface area contributed by atoms with E-state index in [2.05, 4.69) is 21.3 Å². The summed E-state index contributed by atoms with van der Waals surface area (Å²) in [5.41, 5.74) is 5.05. The van der Waals surface area contributed by atoms with E-state index in [1.807, 2.05) is 19.9 Å². The van der Waals surface area contributed by atoms with E-state index >= 15 is 0 Å². The quantitative estimate of drug-likeness (QED) is 0.178. The minimum absolute atomic E-state index is 0.0483. The number of hydrogen-bond acceptors (Lipinski definition) is 7. The van der Waals surface area contributed by atoms with Crippen LogP contribution in [0.15, 0.2) is 30.3 Å². The number of hydrogen-bond donors (Lipinski definition) is 6. The van der Waals surface area contributed by atoms with Crippen molar-refractivity contribution in [1.29, 1.82) is 0 Å². The van der Waals surface area contributed by atoms with Gasteiger partial charge in [-0.1, -0.05) is 44.2 Å². The third-order valence-electron chi connectivity index (χ3n) is 5.37. The molecule has 0 aliphatic carbocycles. The van der Waals surface area contributed by atoms with Gasteiger partial charge in [0.25, 0.3) is 0 Å². The van der Waals surface area contributed by atoms with Crippen molar-refractivity contribution in [2.45, 2.75) is 84.0 Å². The lowest BCUT2D eigenvalue weighted by atomic mass is 10.0. The second-order valence-electron chi connectivity index (χ2n) is 10.8. The van der Waals surface area contributed by atoms with Crippen LogP contribution in [0.1, 0.15) is 59.4 Å². The molecule has 1 rings (SSSR count). The van der Waals surface area contributed by atoms with Gasteiger partial charge in [0.05, 0.1) is 6.54 Å². The summed E-state index contributed by atoms with van der Waals surface area (Å²) < 4.78 is 5.26. The van der Waals surface area contributed by atoms with E-state index in [0.29, 0.717) is 0 Å². The van der Waals surface area contributed by atoms with E-state index in [1.165, 1.54) is 0 Å². The van der Waals surface area contributed by atoms with Crippen molar-refractivity contribution < 1.29 is 38.6 Å². The first-order valence-electron chi connectivity index (χ1n) is 13.0. The fourth-order valence-corrected chi connectivity index (χ4v) is 3.56. The summed E-state index contributed by atoms with van der Waals surface area (Å²) in [5, 5.41) is 19.2. The highest BCUT2D eigenvalue weighted by atomic mass is 16.6. The van der Waals surface area contributed by atoms with Crippen molar-refractivity contribution in [1.82, 2.24) is 21.3 Å². The molecular formula is C27H41N5O8. The Hall–Kier alpha value is -4.16. The number of primary amides is 1. The number of benzene rings is 1. The molecule has 1 aromatic rings. The Balaban J connectivity index is 2.87. The predicted molar refractivity (Wildman–Crippen MR) is 146 cm³/mol. The van der Waals surface area contributed by atoms with Crippen LogP contribution in [0.5, 0.6) is 0 Å². The molecule has 3 atom stereocenters. The van der Waals surface area contributed by atoms with Crippen molar-refractivity contribution in [2.75, 3.05) is 6.54 Å². The molecule has 5 amide bonds. The molecule has 0 bridgehead atoms. The number of carboxylic acids is 1. The number of ether oxygens (including phenoxy) is 1. The van der Waals surface area contributed by atoms with Gasteiger partial charge in [0, 0.05) is 12.8 Å². The largest absolute Gasteiger partial charge is 0.480 e. The van der Waals surface area contributed by atoms with Crippen LogP contribution < -0.4 is 27.0 Å². The van der Waals surface area contributed by atoms with Crippen LogP contribution >= 0.6 is 0 Å². The Kier molecular flexibility index (Phi) is 13.6. The lowest BCUT2D eigenvalue weighted by Gasteiger charge is -2.24. The number of amides is 5. The molecule has 1 aromatic carbocycles. The van der Waals surface area contributed by atoms with Crippen molar-refractivity contribution in [3.05, 3.63) is 35.9 Å². The molecule has 222 valence electrons. The van der Waals surface area contributed by atoms with Gasteiger partial charge >= 0.3 is 12.1 Å². The van der Waals surface area contributed by atoms with Crippen LogP contribution in [0, 0.1) is 5.92 Å². The summed E-state index contributed by atoms with van der Waals surface area (Å²) in [6, 6.07) is 5.43. The number of alkyl carbamates (subject to hydrolysis) is 1. The third kappa shape index (κ3) is 14.1. The molecular weight excluding hydrogens is 522 g/mol. The normalized spacial score (nSPS) is 13.3. The first kappa shape index (κ1) is 33.9. The zero-order valence-corrected chi connectivity index (χ0v) is 23.6. The predicted octanol–water partition coefficient (Wildman–Crippen LogP) is 0.604. The Labute approximate surface area is 234 Å². The fraction of sp³-hybridized carbons (Fsp3) is 0.556. The molecule has 0 saturated heterocycles. The van der Waals surface area contributed by atoms with Crippen LogP contribution in [0.2, 0.25) is 0 Å². The standard InChI is InChI=1S/C27H41N5O8/c1-16(2)13-19(24(36)31-18(25(37)38)11-12-21(28)33)30-22(34)15-29-23(35)20(14-17-9-7-6-8-10-17)32-26(39)40-27(3,4)5/h6-10,16,18-20H,11-15H2,1-5H3,(H2,28,33)(H,29,35)(H,30,34)(H,31,36)(H,32,39)(H,37,38)/t18-,19-,20-/m0/s1. The van der Waals surface area contributed by atoms with E-state index in [9.17, 15) is 33.9 Å². The summed E-state index contributed by atoms with van der Waals surface area (Å²) in [6.45, 7) is 8.17. The lowest BCUT2D eigenvalue weighted by Crippen LogP contribution is -2.55. The van der Waals surface area contributed by atoms with Crippen LogP contribution in [0.25, 0.3) is 0 Å². The highest BCUT2D eigenvalue weighted by Crippen LogP contribution is 2.09. The zero-order chi connectivity index (χ0) is 30.5. The first-order chi connectivity index (χ1) is 18.6. The average molecular weight is 564 g/mol. The monoisotopic (exact) mass is 563 g/mol. The summed E-state index contributed by atoms with van der Waals surface area (Å²) in [4.78, 5) is 73.3. The maximum Gasteiger partial charge on any atom is 0.408 e. The molecule has 13 heteroatoms. The zero-order valence-electron chi connectivity index (χ0n) is 23.6. The summed E-state index contributed by atoms with van der Waals surface area (Å²) in [7, 11) is 0. The molecule has 0 spiro atoms. The molecule has 13 nitrogen and oxygen atoms in total. The minimum Gasteiger partial charge on any atom is -0.480 e. The minimum atomic E-state index is -1.37. The molecule has 0 aromatic heterocycles. The average Bonchev–Trinajstić information content (AvgIpc) is 2.83. The van der Waals surface area contributed by atoms with Crippen LogP contribution in [-0.4, -0.2) is 71.1 Å². The summed E-state index contributed by atoms with van der Waals surface area (Å²) in [6.07, 6.45) is -0.932. The number of carbonyl (C=O) groups is 6. The third-order valence-corrected chi connectivity index (χ3v) is 5.37. The topological polar surface area (TPSA) is 206 Å². The number of rotatable bonds is 15. The van der Waals surface area contributed by atoms with E-state index < -0.39 is 66.0 Å². The molecule has 0 aliphatic heterocycles. The molecule has 7 N–H and O–H groups in total. The van der Waals surface area contributed by atoms with E-state index in [-0.39, 0.29) is 31.6 Å². The lowest BCUT2D eigenvalue weighted by molar-refractivity contribution is -0.142. The van der Waals surface area contributed by atoms with Crippen molar-refractivity contribution in [2.24, 2.45) is 11.7 Å². The van der Waals surface area contributed by atoms with Crippen LogP contribution in [0.3, 0.4) is 0 Å². The molecule has 0 radical (unpaired) electrons. The van der Waals surface area contributed by atoms with Gasteiger partial charge in [0.1, 0.15) is 23.7 Å². The summed E-state index contributed by atoms with van der Waals surface area (Å²) in [5.74, 6) is -4.21. The SMILES string of the molecule is CC(C)C[C@H](NC(=O)CNC(=O)[C@H](Cc1ccccc1)NC(=O)OC(C)(C)C)C(=O)N[C@@H](CCC(N)=O)C(=O)O. The number of aliphatic carboxylic acids is 1. The van der Waals surface area contributed by atoms with Crippen molar-refractivity contribution in [3.8, 4) is 0 Å². The maximum absolute atomic E-state index is 13.0. The van der Waals surface area contributed by atoms with E-state index in [4.69, 9.17) is 10.5 Å². The number of carbonyl (C=O) groups excluding carboxylic acids is 5. The van der Waals surface area contributed by atoms with Gasteiger partial charge in [-0.3, -0.25) is 19.2 Å².